The fourth-order valence-corrected chi connectivity index (χ4v) is 2.11. The largest absolute Gasteiger partial charge is 0.504 e. The number of nitrogens with one attached hydrogen (secondary N) is 1. The lowest BCUT2D eigenvalue weighted by atomic mass is 10.1. The first kappa shape index (κ1) is 14.1. The Labute approximate surface area is 118 Å². The first-order valence-corrected chi connectivity index (χ1v) is 6.53. The zero-order valence-electron chi connectivity index (χ0n) is 12.2. The van der Waals surface area contributed by atoms with Crippen LogP contribution in [0.2, 0.25) is 0 Å². The number of phenols is 1. The van der Waals surface area contributed by atoms with Crippen LogP contribution in [-0.4, -0.2) is 29.2 Å². The van der Waals surface area contributed by atoms with Crippen LogP contribution in [0.3, 0.4) is 0 Å². The van der Waals surface area contributed by atoms with Crippen molar-refractivity contribution in [1.82, 2.24) is 9.97 Å². The molecule has 2 aromatic rings. The Bertz CT molecular complexity index is 602. The van der Waals surface area contributed by atoms with Crippen molar-refractivity contribution in [3.05, 3.63) is 29.5 Å². The number of nitrogens with zero attached hydrogens (tertiary/aromatic N) is 2. The third kappa shape index (κ3) is 2.52. The molecule has 106 valence electrons. The van der Waals surface area contributed by atoms with Gasteiger partial charge in [-0.05, 0) is 31.5 Å². The molecule has 1 aromatic carbocycles. The highest BCUT2D eigenvalue weighted by atomic mass is 16.5. The van der Waals surface area contributed by atoms with Gasteiger partial charge in [-0.25, -0.2) is 9.97 Å². The van der Waals surface area contributed by atoms with E-state index in [1.807, 2.05) is 20.0 Å². The second-order valence-corrected chi connectivity index (χ2v) is 4.46. The van der Waals surface area contributed by atoms with E-state index in [0.29, 0.717) is 11.6 Å². The third-order valence-electron chi connectivity index (χ3n) is 3.26. The monoisotopic (exact) mass is 273 g/mol. The van der Waals surface area contributed by atoms with Gasteiger partial charge in [-0.15, -0.1) is 0 Å². The van der Waals surface area contributed by atoms with Crippen molar-refractivity contribution in [3.63, 3.8) is 0 Å². The highest BCUT2D eigenvalue weighted by molar-refractivity contribution is 5.63. The predicted molar refractivity (Wildman–Crippen MR) is 79.3 cm³/mol. The fourth-order valence-electron chi connectivity index (χ4n) is 2.11. The molecule has 0 spiro atoms. The van der Waals surface area contributed by atoms with Crippen molar-refractivity contribution >= 4 is 5.82 Å². The summed E-state index contributed by atoms with van der Waals surface area (Å²) in [6, 6.07) is 5.16. The molecule has 20 heavy (non-hydrogen) atoms. The Morgan fingerprint density at radius 1 is 1.30 bits per heavy atom. The number of anilines is 1. The molecule has 0 fully saturated rings. The van der Waals surface area contributed by atoms with Gasteiger partial charge in [-0.1, -0.05) is 6.92 Å². The molecule has 0 aliphatic rings. The number of hydrogen-bond acceptors (Lipinski definition) is 5. The zero-order valence-corrected chi connectivity index (χ0v) is 12.2. The SMILES string of the molecule is CCc1nc(-c2ccc(OC)c(O)c2)nc(NC)c1C. The van der Waals surface area contributed by atoms with E-state index < -0.39 is 0 Å². The van der Waals surface area contributed by atoms with Crippen molar-refractivity contribution in [3.8, 4) is 22.9 Å². The minimum Gasteiger partial charge on any atom is -0.504 e. The van der Waals surface area contributed by atoms with Gasteiger partial charge >= 0.3 is 0 Å². The summed E-state index contributed by atoms with van der Waals surface area (Å²) in [5.41, 5.74) is 2.81. The maximum atomic E-state index is 9.86. The Kier molecular flexibility index (Phi) is 4.08. The van der Waals surface area contributed by atoms with Crippen LogP contribution < -0.4 is 10.1 Å². The molecule has 0 amide bonds. The van der Waals surface area contributed by atoms with E-state index in [2.05, 4.69) is 22.2 Å². The summed E-state index contributed by atoms with van der Waals surface area (Å²) in [7, 11) is 3.36. The van der Waals surface area contributed by atoms with Crippen LogP contribution in [0.4, 0.5) is 5.82 Å². The van der Waals surface area contributed by atoms with E-state index >= 15 is 0 Å². The highest BCUT2D eigenvalue weighted by Crippen LogP contribution is 2.31. The highest BCUT2D eigenvalue weighted by Gasteiger charge is 2.12. The minimum absolute atomic E-state index is 0.0817. The smallest absolute Gasteiger partial charge is 0.161 e. The summed E-state index contributed by atoms with van der Waals surface area (Å²) in [6.07, 6.45) is 0.832. The normalized spacial score (nSPS) is 10.4. The van der Waals surface area contributed by atoms with E-state index in [9.17, 15) is 5.11 Å². The van der Waals surface area contributed by atoms with Crippen LogP contribution in [0, 0.1) is 6.92 Å². The van der Waals surface area contributed by atoms with Crippen molar-refractivity contribution in [2.24, 2.45) is 0 Å². The van der Waals surface area contributed by atoms with Gasteiger partial charge in [-0.3, -0.25) is 0 Å². The number of aromatic nitrogens is 2. The lowest BCUT2D eigenvalue weighted by Gasteiger charge is -2.12. The van der Waals surface area contributed by atoms with E-state index in [0.717, 1.165) is 29.1 Å². The maximum Gasteiger partial charge on any atom is 0.161 e. The average molecular weight is 273 g/mol. The Balaban J connectivity index is 2.54. The van der Waals surface area contributed by atoms with Gasteiger partial charge in [0.1, 0.15) is 5.82 Å². The molecule has 0 bridgehead atoms. The zero-order chi connectivity index (χ0) is 14.7. The van der Waals surface area contributed by atoms with Gasteiger partial charge in [0.25, 0.3) is 0 Å². The first-order chi connectivity index (χ1) is 9.60. The molecule has 0 saturated carbocycles. The van der Waals surface area contributed by atoms with E-state index in [1.165, 1.54) is 7.11 Å². The lowest BCUT2D eigenvalue weighted by Crippen LogP contribution is -2.04. The molecular weight excluding hydrogens is 254 g/mol. The third-order valence-corrected chi connectivity index (χ3v) is 3.26. The number of phenolic OH excluding ortho intramolecular Hbond substituents is 1. The van der Waals surface area contributed by atoms with Gasteiger partial charge in [0.2, 0.25) is 0 Å². The second-order valence-electron chi connectivity index (χ2n) is 4.46. The van der Waals surface area contributed by atoms with Crippen molar-refractivity contribution < 1.29 is 9.84 Å². The summed E-state index contributed by atoms with van der Waals surface area (Å²) in [5, 5.41) is 12.9. The molecule has 0 radical (unpaired) electrons. The molecule has 0 saturated heterocycles. The topological polar surface area (TPSA) is 67.3 Å². The minimum atomic E-state index is 0.0817. The summed E-state index contributed by atoms with van der Waals surface area (Å²) < 4.78 is 5.04. The van der Waals surface area contributed by atoms with Crippen LogP contribution in [0.25, 0.3) is 11.4 Å². The first-order valence-electron chi connectivity index (χ1n) is 6.53. The number of hydrogen-bond donors (Lipinski definition) is 2. The molecule has 5 nitrogen and oxygen atoms in total. The summed E-state index contributed by atoms with van der Waals surface area (Å²) in [6.45, 7) is 4.06. The second kappa shape index (κ2) is 5.77. The van der Waals surface area contributed by atoms with Gasteiger partial charge < -0.3 is 15.2 Å². The Morgan fingerprint density at radius 3 is 2.60 bits per heavy atom. The summed E-state index contributed by atoms with van der Waals surface area (Å²) in [4.78, 5) is 9.06. The molecule has 0 aliphatic heterocycles. The van der Waals surface area contributed by atoms with Crippen molar-refractivity contribution in [2.45, 2.75) is 20.3 Å². The molecule has 0 aliphatic carbocycles. The molecule has 0 unspecified atom stereocenters. The average Bonchev–Trinajstić information content (AvgIpc) is 2.47. The van der Waals surface area contributed by atoms with Crippen molar-refractivity contribution in [1.29, 1.82) is 0 Å². The quantitative estimate of drug-likeness (QED) is 0.896. The Hall–Kier alpha value is -2.30. The van der Waals surface area contributed by atoms with E-state index in [1.54, 1.807) is 12.1 Å². The molecule has 1 aromatic heterocycles. The number of benzene rings is 1. The van der Waals surface area contributed by atoms with Crippen LogP contribution in [0.5, 0.6) is 11.5 Å². The van der Waals surface area contributed by atoms with Crippen LogP contribution in [0.1, 0.15) is 18.2 Å². The predicted octanol–water partition coefficient (Wildman–Crippen LogP) is 2.77. The molecule has 1 heterocycles. The van der Waals surface area contributed by atoms with Crippen LogP contribution in [-0.2, 0) is 6.42 Å². The van der Waals surface area contributed by atoms with Gasteiger partial charge in [0.15, 0.2) is 17.3 Å². The fraction of sp³-hybridized carbons (Fsp3) is 0.333. The summed E-state index contributed by atoms with van der Waals surface area (Å²) >= 11 is 0. The number of ether oxygens (including phenoxy) is 1. The van der Waals surface area contributed by atoms with Gasteiger partial charge in [0.05, 0.1) is 7.11 Å². The van der Waals surface area contributed by atoms with E-state index in [4.69, 9.17) is 4.74 Å². The maximum absolute atomic E-state index is 9.86. The molecule has 5 heteroatoms. The lowest BCUT2D eigenvalue weighted by molar-refractivity contribution is 0.373. The molecule has 2 rings (SSSR count). The van der Waals surface area contributed by atoms with Crippen LogP contribution >= 0.6 is 0 Å². The number of rotatable bonds is 4. The number of aryl methyl sites for hydroxylation is 1. The molecular formula is C15H19N3O2. The molecule has 2 N–H and O–H groups in total. The Morgan fingerprint density at radius 2 is 2.05 bits per heavy atom. The van der Waals surface area contributed by atoms with E-state index in [-0.39, 0.29) is 5.75 Å². The van der Waals surface area contributed by atoms with Crippen molar-refractivity contribution in [2.75, 3.05) is 19.5 Å². The standard InChI is InChI=1S/C15H19N3O2/c1-5-11-9(2)14(16-3)18-15(17-11)10-6-7-13(20-4)12(19)8-10/h6-8,19H,5H2,1-4H3,(H,16,17,18). The molecule has 0 atom stereocenters. The van der Waals surface area contributed by atoms with Crippen LogP contribution in [0.15, 0.2) is 18.2 Å². The van der Waals surface area contributed by atoms with Gasteiger partial charge in [-0.2, -0.15) is 0 Å². The number of methoxy groups -OCH3 is 1. The van der Waals surface area contributed by atoms with Gasteiger partial charge in [0, 0.05) is 23.9 Å². The number of aromatic hydroxyl groups is 1. The summed E-state index contributed by atoms with van der Waals surface area (Å²) in [5.74, 6) is 1.92.